The molecule has 0 radical (unpaired) electrons. The van der Waals surface area contributed by atoms with Crippen LogP contribution < -0.4 is 4.74 Å². The number of benzene rings is 1. The molecular formula is C8H8BrFO2. The van der Waals surface area contributed by atoms with Crippen LogP contribution in [0.5, 0.6) is 11.5 Å². The van der Waals surface area contributed by atoms with E-state index >= 15 is 0 Å². The van der Waals surface area contributed by atoms with Crippen molar-refractivity contribution >= 4 is 15.9 Å². The zero-order chi connectivity index (χ0) is 9.14. The number of ether oxygens (including phenoxy) is 1. The van der Waals surface area contributed by atoms with Crippen molar-refractivity contribution in [2.24, 2.45) is 0 Å². The molecule has 0 heterocycles. The van der Waals surface area contributed by atoms with Gasteiger partial charge in [0.25, 0.3) is 0 Å². The Morgan fingerprint density at radius 2 is 2.25 bits per heavy atom. The molecule has 0 aliphatic rings. The van der Waals surface area contributed by atoms with E-state index in [1.807, 2.05) is 0 Å². The summed E-state index contributed by atoms with van der Waals surface area (Å²) in [7, 11) is 0. The molecule has 2 nitrogen and oxygen atoms in total. The number of hydrogen-bond donors (Lipinski definition) is 1. The topological polar surface area (TPSA) is 29.5 Å². The van der Waals surface area contributed by atoms with Crippen LogP contribution in [0.25, 0.3) is 0 Å². The molecule has 0 aliphatic carbocycles. The Bertz CT molecular complexity index is 289. The summed E-state index contributed by atoms with van der Waals surface area (Å²) in [5.74, 6) is -0.445. The minimum atomic E-state index is -0.485. The van der Waals surface area contributed by atoms with Gasteiger partial charge in [-0.25, -0.2) is 4.39 Å². The lowest BCUT2D eigenvalue weighted by Crippen LogP contribution is -1.94. The van der Waals surface area contributed by atoms with Gasteiger partial charge >= 0.3 is 0 Å². The molecule has 0 aliphatic heterocycles. The van der Waals surface area contributed by atoms with Gasteiger partial charge in [0.05, 0.1) is 11.1 Å². The molecule has 1 N–H and O–H groups in total. The smallest absolute Gasteiger partial charge is 0.166 e. The molecule has 0 fully saturated rings. The molecule has 12 heavy (non-hydrogen) atoms. The van der Waals surface area contributed by atoms with Crippen LogP contribution in [0.1, 0.15) is 6.92 Å². The van der Waals surface area contributed by atoms with Crippen LogP contribution >= 0.6 is 15.9 Å². The lowest BCUT2D eigenvalue weighted by Gasteiger charge is -2.05. The number of hydrogen-bond acceptors (Lipinski definition) is 2. The largest absolute Gasteiger partial charge is 0.507 e. The second-order valence-electron chi connectivity index (χ2n) is 2.17. The highest BCUT2D eigenvalue weighted by atomic mass is 79.9. The fraction of sp³-hybridized carbons (Fsp3) is 0.250. The Labute approximate surface area is 78.1 Å². The zero-order valence-corrected chi connectivity index (χ0v) is 8.06. The summed E-state index contributed by atoms with van der Waals surface area (Å²) >= 11 is 2.99. The van der Waals surface area contributed by atoms with E-state index in [0.717, 1.165) is 0 Å². The minimum absolute atomic E-state index is 0.0279. The molecule has 0 saturated carbocycles. The maximum Gasteiger partial charge on any atom is 0.166 e. The summed E-state index contributed by atoms with van der Waals surface area (Å²) in [6.45, 7) is 2.12. The first-order chi connectivity index (χ1) is 5.65. The van der Waals surface area contributed by atoms with Gasteiger partial charge in [-0.1, -0.05) is 0 Å². The predicted molar refractivity (Wildman–Crippen MR) is 46.9 cm³/mol. The molecule has 0 unspecified atom stereocenters. The second kappa shape index (κ2) is 3.76. The average Bonchev–Trinajstić information content (AvgIpc) is 2.01. The summed E-state index contributed by atoms with van der Waals surface area (Å²) in [6.07, 6.45) is 0. The van der Waals surface area contributed by atoms with Gasteiger partial charge in [0.2, 0.25) is 0 Å². The quantitative estimate of drug-likeness (QED) is 0.853. The summed E-state index contributed by atoms with van der Waals surface area (Å²) in [5.41, 5.74) is 0. The van der Waals surface area contributed by atoms with Gasteiger partial charge in [-0.15, -0.1) is 0 Å². The molecule has 0 saturated heterocycles. The normalized spacial score (nSPS) is 9.92. The van der Waals surface area contributed by atoms with Crippen molar-refractivity contribution in [1.82, 2.24) is 0 Å². The lowest BCUT2D eigenvalue weighted by atomic mass is 10.3. The van der Waals surface area contributed by atoms with Crippen molar-refractivity contribution in [2.75, 3.05) is 6.61 Å². The molecular weight excluding hydrogens is 227 g/mol. The first-order valence-corrected chi connectivity index (χ1v) is 4.25. The van der Waals surface area contributed by atoms with Crippen molar-refractivity contribution < 1.29 is 14.2 Å². The molecule has 1 aromatic rings. The standard InChI is InChI=1S/C8H8BrFO2/c1-2-12-8-4-7(11)5(9)3-6(8)10/h3-4,11H,2H2,1H3. The predicted octanol–water partition coefficient (Wildman–Crippen LogP) is 2.69. The number of rotatable bonds is 2. The molecule has 66 valence electrons. The molecule has 0 amide bonds. The highest BCUT2D eigenvalue weighted by molar-refractivity contribution is 9.10. The van der Waals surface area contributed by atoms with Crippen LogP contribution in [-0.4, -0.2) is 11.7 Å². The Morgan fingerprint density at radius 3 is 2.83 bits per heavy atom. The summed E-state index contributed by atoms with van der Waals surface area (Å²) in [5, 5.41) is 9.16. The van der Waals surface area contributed by atoms with Gasteiger partial charge in [0.15, 0.2) is 11.6 Å². The van der Waals surface area contributed by atoms with Crippen molar-refractivity contribution in [2.45, 2.75) is 6.92 Å². The van der Waals surface area contributed by atoms with E-state index in [0.29, 0.717) is 11.1 Å². The van der Waals surface area contributed by atoms with E-state index in [9.17, 15) is 4.39 Å². The number of aromatic hydroxyl groups is 1. The fourth-order valence-electron chi connectivity index (χ4n) is 0.785. The molecule has 0 spiro atoms. The van der Waals surface area contributed by atoms with Crippen LogP contribution in [0.2, 0.25) is 0 Å². The summed E-state index contributed by atoms with van der Waals surface area (Å²) in [6, 6.07) is 2.41. The highest BCUT2D eigenvalue weighted by Crippen LogP contribution is 2.30. The SMILES string of the molecule is CCOc1cc(O)c(Br)cc1F. The Morgan fingerprint density at radius 1 is 1.58 bits per heavy atom. The molecule has 0 bridgehead atoms. The van der Waals surface area contributed by atoms with Crippen molar-refractivity contribution in [3.8, 4) is 11.5 Å². The van der Waals surface area contributed by atoms with Gasteiger partial charge in [-0.2, -0.15) is 0 Å². The molecule has 1 aromatic carbocycles. The number of phenolic OH excluding ortho intramolecular Hbond substituents is 1. The zero-order valence-electron chi connectivity index (χ0n) is 6.47. The third-order valence-electron chi connectivity index (χ3n) is 1.30. The number of halogens is 2. The second-order valence-corrected chi connectivity index (χ2v) is 3.02. The van der Waals surface area contributed by atoms with E-state index in [-0.39, 0.29) is 11.5 Å². The Hall–Kier alpha value is -0.770. The van der Waals surface area contributed by atoms with Crippen molar-refractivity contribution in [1.29, 1.82) is 0 Å². The average molecular weight is 235 g/mol. The third-order valence-corrected chi connectivity index (χ3v) is 1.94. The van der Waals surface area contributed by atoms with Crippen LogP contribution in [0.4, 0.5) is 4.39 Å². The van der Waals surface area contributed by atoms with Crippen LogP contribution in [-0.2, 0) is 0 Å². The Balaban J connectivity index is 3.05. The van der Waals surface area contributed by atoms with Crippen LogP contribution in [0.3, 0.4) is 0 Å². The lowest BCUT2D eigenvalue weighted by molar-refractivity contribution is 0.318. The minimum Gasteiger partial charge on any atom is -0.507 e. The van der Waals surface area contributed by atoms with Gasteiger partial charge < -0.3 is 9.84 Å². The maximum atomic E-state index is 13.0. The first kappa shape index (κ1) is 9.32. The van der Waals surface area contributed by atoms with Crippen LogP contribution in [0, 0.1) is 5.82 Å². The van der Waals surface area contributed by atoms with Crippen molar-refractivity contribution in [3.05, 3.63) is 22.4 Å². The molecule has 0 aromatic heterocycles. The van der Waals surface area contributed by atoms with Crippen molar-refractivity contribution in [3.63, 3.8) is 0 Å². The van der Waals surface area contributed by atoms with Gasteiger partial charge in [0, 0.05) is 6.07 Å². The monoisotopic (exact) mass is 234 g/mol. The van der Waals surface area contributed by atoms with Gasteiger partial charge in [-0.3, -0.25) is 0 Å². The van der Waals surface area contributed by atoms with E-state index in [4.69, 9.17) is 9.84 Å². The summed E-state index contributed by atoms with van der Waals surface area (Å²) in [4.78, 5) is 0. The van der Waals surface area contributed by atoms with E-state index in [2.05, 4.69) is 15.9 Å². The summed E-state index contributed by atoms with van der Waals surface area (Å²) < 4.78 is 18.2. The van der Waals surface area contributed by atoms with Gasteiger partial charge in [-0.05, 0) is 28.9 Å². The first-order valence-electron chi connectivity index (χ1n) is 3.46. The fourth-order valence-corrected chi connectivity index (χ4v) is 1.10. The molecule has 0 atom stereocenters. The third kappa shape index (κ3) is 1.88. The van der Waals surface area contributed by atoms with Gasteiger partial charge in [0.1, 0.15) is 5.75 Å². The van der Waals surface area contributed by atoms with E-state index < -0.39 is 5.82 Å². The van der Waals surface area contributed by atoms with E-state index in [1.165, 1.54) is 12.1 Å². The van der Waals surface area contributed by atoms with Crippen LogP contribution in [0.15, 0.2) is 16.6 Å². The van der Waals surface area contributed by atoms with E-state index in [1.54, 1.807) is 6.92 Å². The number of phenols is 1. The Kier molecular flexibility index (Phi) is 2.92. The molecule has 4 heteroatoms. The molecule has 1 rings (SSSR count). The highest BCUT2D eigenvalue weighted by Gasteiger charge is 2.07. The maximum absolute atomic E-state index is 13.0.